The third-order valence-corrected chi connectivity index (χ3v) is 7.60. The summed E-state index contributed by atoms with van der Waals surface area (Å²) in [6, 6.07) is 10.6. The van der Waals surface area contributed by atoms with Gasteiger partial charge >= 0.3 is 0 Å². The number of hydrogen-bond acceptors (Lipinski definition) is 6. The molecule has 32 heavy (non-hydrogen) atoms. The molecule has 1 amide bonds. The van der Waals surface area contributed by atoms with Gasteiger partial charge in [0.1, 0.15) is 6.54 Å². The summed E-state index contributed by atoms with van der Waals surface area (Å²) < 4.78 is 38.6. The molecule has 7 nitrogen and oxygen atoms in total. The molecular weight excluding hydrogens is 472 g/mol. The Kier molecular flexibility index (Phi) is 9.12. The molecule has 0 radical (unpaired) electrons. The van der Waals surface area contributed by atoms with Gasteiger partial charge in [-0.05, 0) is 36.4 Å². The van der Waals surface area contributed by atoms with Crippen molar-refractivity contribution >= 4 is 45.0 Å². The largest absolute Gasteiger partial charge is 0.493 e. The average molecular weight is 501 g/mol. The average Bonchev–Trinajstić information content (AvgIpc) is 2.74. The number of carbonyl (C=O) groups excluding carboxylic acids is 1. The van der Waals surface area contributed by atoms with Crippen LogP contribution in [0, 0.1) is 0 Å². The summed E-state index contributed by atoms with van der Waals surface area (Å²) in [7, 11) is -1.19. The highest BCUT2D eigenvalue weighted by Gasteiger charge is 2.28. The molecule has 0 saturated heterocycles. The van der Waals surface area contributed by atoms with Gasteiger partial charge in [0.25, 0.3) is 10.0 Å². The highest BCUT2D eigenvalue weighted by molar-refractivity contribution is 8.00. The maximum Gasteiger partial charge on any atom is 0.264 e. The lowest BCUT2D eigenvalue weighted by molar-refractivity contribution is -0.119. The summed E-state index contributed by atoms with van der Waals surface area (Å²) in [4.78, 5) is 12.6. The van der Waals surface area contributed by atoms with E-state index < -0.39 is 15.9 Å². The second-order valence-electron chi connectivity index (χ2n) is 7.82. The van der Waals surface area contributed by atoms with Crippen LogP contribution in [0.1, 0.15) is 20.8 Å². The van der Waals surface area contributed by atoms with Crippen LogP contribution in [-0.2, 0) is 14.8 Å². The first-order valence-corrected chi connectivity index (χ1v) is 12.7. The monoisotopic (exact) mass is 500 g/mol. The van der Waals surface area contributed by atoms with Crippen molar-refractivity contribution in [2.24, 2.45) is 0 Å². The molecule has 0 fully saturated rings. The molecule has 0 aliphatic rings. The van der Waals surface area contributed by atoms with Crippen molar-refractivity contribution < 1.29 is 22.7 Å². The minimum absolute atomic E-state index is 0.0267. The van der Waals surface area contributed by atoms with Crippen molar-refractivity contribution in [2.45, 2.75) is 30.4 Å². The molecule has 2 aromatic rings. The quantitative estimate of drug-likeness (QED) is 0.492. The molecule has 1 N–H and O–H groups in total. The van der Waals surface area contributed by atoms with Crippen LogP contribution in [0.2, 0.25) is 5.02 Å². The molecule has 0 aliphatic heterocycles. The summed E-state index contributed by atoms with van der Waals surface area (Å²) in [5.41, 5.74) is 0.323. The van der Waals surface area contributed by atoms with Gasteiger partial charge in [0.15, 0.2) is 11.5 Å². The van der Waals surface area contributed by atoms with Crippen LogP contribution in [0.25, 0.3) is 0 Å². The van der Waals surface area contributed by atoms with Gasteiger partial charge in [-0.25, -0.2) is 8.42 Å². The van der Waals surface area contributed by atoms with Crippen LogP contribution in [-0.4, -0.2) is 52.1 Å². The van der Waals surface area contributed by atoms with Gasteiger partial charge in [-0.3, -0.25) is 9.10 Å². The molecule has 0 heterocycles. The lowest BCUT2D eigenvalue weighted by atomic mass is 10.3. The van der Waals surface area contributed by atoms with Crippen molar-refractivity contribution in [3.05, 3.63) is 47.5 Å². The van der Waals surface area contributed by atoms with Gasteiger partial charge in [0.05, 0.1) is 24.8 Å². The molecule has 0 atom stereocenters. The first-order chi connectivity index (χ1) is 15.0. The van der Waals surface area contributed by atoms with Crippen LogP contribution in [0.3, 0.4) is 0 Å². The number of nitrogens with one attached hydrogen (secondary N) is 1. The Balaban J connectivity index is 2.31. The second kappa shape index (κ2) is 11.2. The minimum Gasteiger partial charge on any atom is -0.493 e. The number of anilines is 1. The number of benzene rings is 2. The fourth-order valence-corrected chi connectivity index (χ4v) is 5.14. The highest BCUT2D eigenvalue weighted by Crippen LogP contribution is 2.32. The van der Waals surface area contributed by atoms with E-state index >= 15 is 0 Å². The number of carbonyl (C=O) groups is 1. The smallest absolute Gasteiger partial charge is 0.264 e. The number of nitrogens with zero attached hydrogens (tertiary/aromatic N) is 1. The van der Waals surface area contributed by atoms with E-state index in [0.29, 0.717) is 23.0 Å². The van der Waals surface area contributed by atoms with Crippen molar-refractivity contribution in [2.75, 3.05) is 37.4 Å². The number of thioether (sulfide) groups is 1. The van der Waals surface area contributed by atoms with Gasteiger partial charge in [-0.2, -0.15) is 11.8 Å². The predicted molar refractivity (Wildman–Crippen MR) is 131 cm³/mol. The molecule has 0 bridgehead atoms. The van der Waals surface area contributed by atoms with Crippen LogP contribution in [0.5, 0.6) is 11.5 Å². The molecular formula is C22H29ClN2O5S2. The van der Waals surface area contributed by atoms with E-state index in [0.717, 1.165) is 10.1 Å². The second-order valence-corrected chi connectivity index (χ2v) is 12.0. The van der Waals surface area contributed by atoms with Crippen LogP contribution >= 0.6 is 23.4 Å². The summed E-state index contributed by atoms with van der Waals surface area (Å²) >= 11 is 7.68. The maximum atomic E-state index is 13.5. The van der Waals surface area contributed by atoms with Crippen molar-refractivity contribution in [3.63, 3.8) is 0 Å². The van der Waals surface area contributed by atoms with Gasteiger partial charge < -0.3 is 14.8 Å². The molecule has 0 aliphatic carbocycles. The van der Waals surface area contributed by atoms with E-state index in [4.69, 9.17) is 21.1 Å². The Labute approximate surface area is 199 Å². The number of amides is 1. The SMILES string of the molecule is COc1ccc(S(=O)(=O)N(CC(=O)NCCSC(C)(C)C)c2ccc(Cl)cc2)cc1OC. The molecule has 2 rings (SSSR count). The molecule has 0 unspecified atom stereocenters. The molecule has 10 heteroatoms. The third kappa shape index (κ3) is 7.21. The number of rotatable bonds is 10. The zero-order valence-corrected chi connectivity index (χ0v) is 21.2. The van der Waals surface area contributed by atoms with Crippen molar-refractivity contribution in [3.8, 4) is 11.5 Å². The van der Waals surface area contributed by atoms with Gasteiger partial charge in [0, 0.05) is 28.1 Å². The predicted octanol–water partition coefficient (Wildman–Crippen LogP) is 4.20. The zero-order chi connectivity index (χ0) is 23.9. The summed E-state index contributed by atoms with van der Waals surface area (Å²) in [6.45, 7) is 6.34. The standard InChI is InChI=1S/C22H29ClN2O5S2/c1-22(2,3)31-13-12-24-21(26)15-25(17-8-6-16(23)7-9-17)32(27,28)18-10-11-19(29-4)20(14-18)30-5/h6-11,14H,12-13,15H2,1-5H3,(H,24,26). The van der Waals surface area contributed by atoms with Crippen molar-refractivity contribution in [1.82, 2.24) is 5.32 Å². The first-order valence-electron chi connectivity index (χ1n) is 9.89. The molecule has 2 aromatic carbocycles. The minimum atomic E-state index is -4.08. The lowest BCUT2D eigenvalue weighted by Crippen LogP contribution is -2.41. The Hall–Kier alpha value is -2.10. The first kappa shape index (κ1) is 26.2. The summed E-state index contributed by atoms with van der Waals surface area (Å²) in [6.07, 6.45) is 0. The van der Waals surface area contributed by atoms with Gasteiger partial charge in [-0.1, -0.05) is 32.4 Å². The lowest BCUT2D eigenvalue weighted by Gasteiger charge is -2.25. The molecule has 0 aromatic heterocycles. The van der Waals surface area contributed by atoms with Crippen molar-refractivity contribution in [1.29, 1.82) is 0 Å². The Morgan fingerprint density at radius 1 is 1.06 bits per heavy atom. The van der Waals surface area contributed by atoms with E-state index in [9.17, 15) is 13.2 Å². The number of halogens is 1. The molecule has 0 spiro atoms. The van der Waals surface area contributed by atoms with E-state index in [1.165, 1.54) is 32.4 Å². The van der Waals surface area contributed by atoms with Gasteiger partial charge in [-0.15, -0.1) is 0 Å². The van der Waals surface area contributed by atoms with E-state index in [1.807, 2.05) is 0 Å². The fourth-order valence-electron chi connectivity index (χ4n) is 2.76. The zero-order valence-electron chi connectivity index (χ0n) is 18.8. The van der Waals surface area contributed by atoms with Crippen LogP contribution < -0.4 is 19.1 Å². The normalized spacial score (nSPS) is 11.7. The maximum absolute atomic E-state index is 13.5. The number of sulfonamides is 1. The molecule has 0 saturated carbocycles. The van der Waals surface area contributed by atoms with E-state index in [1.54, 1.807) is 36.0 Å². The number of hydrogen-bond donors (Lipinski definition) is 1. The molecule has 176 valence electrons. The van der Waals surface area contributed by atoms with Gasteiger partial charge in [0.2, 0.25) is 5.91 Å². The topological polar surface area (TPSA) is 84.9 Å². The van der Waals surface area contributed by atoms with E-state index in [-0.39, 0.29) is 21.9 Å². The summed E-state index contributed by atoms with van der Waals surface area (Å²) in [5, 5.41) is 3.25. The van der Waals surface area contributed by atoms with Crippen LogP contribution in [0.4, 0.5) is 5.69 Å². The number of methoxy groups -OCH3 is 2. The Morgan fingerprint density at radius 2 is 1.69 bits per heavy atom. The number of ether oxygens (including phenoxy) is 2. The summed E-state index contributed by atoms with van der Waals surface area (Å²) in [5.74, 6) is 0.990. The fraction of sp³-hybridized carbons (Fsp3) is 0.409. The Bertz CT molecular complexity index is 1020. The van der Waals surface area contributed by atoms with Crippen LogP contribution in [0.15, 0.2) is 47.4 Å². The highest BCUT2D eigenvalue weighted by atomic mass is 35.5. The van der Waals surface area contributed by atoms with E-state index in [2.05, 4.69) is 26.1 Å². The Morgan fingerprint density at radius 3 is 2.25 bits per heavy atom. The third-order valence-electron chi connectivity index (χ3n) is 4.30.